The molecule has 0 saturated heterocycles. The maximum absolute atomic E-state index is 13.2. The number of benzene rings is 2. The highest BCUT2D eigenvalue weighted by molar-refractivity contribution is 9.10. The first kappa shape index (κ1) is 12.8. The van der Waals surface area contributed by atoms with Gasteiger partial charge in [0, 0.05) is 4.47 Å². The molecule has 1 heterocycles. The first-order valence-corrected chi connectivity index (χ1v) is 6.47. The standard InChI is InChI=1S/C14H7BrFNO3/c15-8-1-4-10(5-2-8)17-13(18)11-7-9(16)3-6-12(11)20-14(17)19/h1-7H. The fraction of sp³-hybridized carbons (Fsp3) is 0. The van der Waals surface area contributed by atoms with E-state index in [2.05, 4.69) is 15.9 Å². The van der Waals surface area contributed by atoms with Crippen molar-refractivity contribution in [1.29, 1.82) is 0 Å². The first-order valence-electron chi connectivity index (χ1n) is 5.67. The van der Waals surface area contributed by atoms with Crippen molar-refractivity contribution in [3.8, 4) is 5.69 Å². The molecule has 0 aliphatic rings. The smallest absolute Gasteiger partial charge is 0.409 e. The van der Waals surface area contributed by atoms with Gasteiger partial charge in [0.15, 0.2) is 0 Å². The molecule has 0 aliphatic carbocycles. The van der Waals surface area contributed by atoms with Gasteiger partial charge in [-0.15, -0.1) is 0 Å². The van der Waals surface area contributed by atoms with E-state index in [0.29, 0.717) is 5.69 Å². The predicted molar refractivity (Wildman–Crippen MR) is 75.7 cm³/mol. The van der Waals surface area contributed by atoms with E-state index < -0.39 is 17.1 Å². The van der Waals surface area contributed by atoms with Crippen molar-refractivity contribution in [2.24, 2.45) is 0 Å². The molecule has 6 heteroatoms. The van der Waals surface area contributed by atoms with Crippen LogP contribution in [-0.4, -0.2) is 4.57 Å². The summed E-state index contributed by atoms with van der Waals surface area (Å²) < 4.78 is 20.0. The summed E-state index contributed by atoms with van der Waals surface area (Å²) in [6.07, 6.45) is 0. The molecule has 0 aliphatic heterocycles. The second-order valence-corrected chi connectivity index (χ2v) is 5.04. The maximum Gasteiger partial charge on any atom is 0.426 e. The van der Waals surface area contributed by atoms with Crippen LogP contribution in [0.4, 0.5) is 4.39 Å². The Bertz CT molecular complexity index is 912. The molecule has 0 bridgehead atoms. The van der Waals surface area contributed by atoms with E-state index in [4.69, 9.17) is 4.42 Å². The Labute approximate surface area is 120 Å². The monoisotopic (exact) mass is 335 g/mol. The minimum absolute atomic E-state index is 0.0209. The Morgan fingerprint density at radius 3 is 2.45 bits per heavy atom. The summed E-state index contributed by atoms with van der Waals surface area (Å²) in [5.41, 5.74) is -0.189. The molecule has 0 radical (unpaired) electrons. The minimum Gasteiger partial charge on any atom is -0.409 e. The van der Waals surface area contributed by atoms with Crippen molar-refractivity contribution in [3.05, 3.63) is 73.7 Å². The molecule has 3 rings (SSSR count). The largest absolute Gasteiger partial charge is 0.426 e. The molecule has 20 heavy (non-hydrogen) atoms. The van der Waals surface area contributed by atoms with Gasteiger partial charge >= 0.3 is 5.76 Å². The number of rotatable bonds is 1. The number of halogens is 2. The summed E-state index contributed by atoms with van der Waals surface area (Å²) in [7, 11) is 0. The molecule has 1 aromatic heterocycles. The lowest BCUT2D eigenvalue weighted by molar-refractivity contribution is 0.502. The van der Waals surface area contributed by atoms with Crippen LogP contribution in [0.3, 0.4) is 0 Å². The summed E-state index contributed by atoms with van der Waals surface area (Å²) in [5.74, 6) is -1.37. The van der Waals surface area contributed by atoms with Gasteiger partial charge in [-0.1, -0.05) is 15.9 Å². The molecule has 0 unspecified atom stereocenters. The van der Waals surface area contributed by atoms with Crippen LogP contribution in [0.2, 0.25) is 0 Å². The van der Waals surface area contributed by atoms with Crippen LogP contribution in [-0.2, 0) is 0 Å². The fourth-order valence-electron chi connectivity index (χ4n) is 1.91. The number of hydrogen-bond acceptors (Lipinski definition) is 3. The zero-order valence-electron chi connectivity index (χ0n) is 9.97. The van der Waals surface area contributed by atoms with Crippen LogP contribution in [0.15, 0.2) is 60.9 Å². The van der Waals surface area contributed by atoms with Crippen molar-refractivity contribution < 1.29 is 8.81 Å². The lowest BCUT2D eigenvalue weighted by atomic mass is 10.2. The Balaban J connectivity index is 2.39. The second-order valence-electron chi connectivity index (χ2n) is 4.13. The lowest BCUT2D eigenvalue weighted by Crippen LogP contribution is -2.30. The zero-order chi connectivity index (χ0) is 14.3. The average Bonchev–Trinajstić information content (AvgIpc) is 2.42. The van der Waals surface area contributed by atoms with E-state index in [1.165, 1.54) is 6.07 Å². The Hall–Kier alpha value is -2.21. The van der Waals surface area contributed by atoms with Gasteiger partial charge in [-0.25, -0.2) is 13.8 Å². The fourth-order valence-corrected chi connectivity index (χ4v) is 2.18. The molecule has 0 saturated carbocycles. The van der Waals surface area contributed by atoms with Crippen LogP contribution >= 0.6 is 15.9 Å². The van der Waals surface area contributed by atoms with Crippen LogP contribution in [0.25, 0.3) is 16.7 Å². The van der Waals surface area contributed by atoms with Gasteiger partial charge in [0.2, 0.25) is 0 Å². The molecular formula is C14H7BrFNO3. The topological polar surface area (TPSA) is 52.2 Å². The Morgan fingerprint density at radius 2 is 1.75 bits per heavy atom. The highest BCUT2D eigenvalue weighted by Gasteiger charge is 2.12. The summed E-state index contributed by atoms with van der Waals surface area (Å²) in [6, 6.07) is 10.0. The number of fused-ring (bicyclic) bond motifs is 1. The van der Waals surface area contributed by atoms with Crippen LogP contribution in [0.5, 0.6) is 0 Å². The van der Waals surface area contributed by atoms with E-state index in [1.807, 2.05) is 0 Å². The molecule has 3 aromatic rings. The summed E-state index contributed by atoms with van der Waals surface area (Å²) in [5, 5.41) is 0.0209. The van der Waals surface area contributed by atoms with Crippen molar-refractivity contribution in [3.63, 3.8) is 0 Å². The van der Waals surface area contributed by atoms with Gasteiger partial charge in [0.1, 0.15) is 11.4 Å². The van der Waals surface area contributed by atoms with Crippen molar-refractivity contribution >= 4 is 26.9 Å². The summed E-state index contributed by atoms with van der Waals surface area (Å²) in [4.78, 5) is 24.2. The third-order valence-corrected chi connectivity index (χ3v) is 3.37. The van der Waals surface area contributed by atoms with Gasteiger partial charge in [0.05, 0.1) is 11.1 Å². The molecule has 4 nitrogen and oxygen atoms in total. The van der Waals surface area contributed by atoms with E-state index in [1.54, 1.807) is 24.3 Å². The lowest BCUT2D eigenvalue weighted by Gasteiger charge is -2.05. The van der Waals surface area contributed by atoms with Gasteiger partial charge in [-0.2, -0.15) is 0 Å². The summed E-state index contributed by atoms with van der Waals surface area (Å²) in [6.45, 7) is 0. The van der Waals surface area contributed by atoms with Gasteiger partial charge in [-0.05, 0) is 42.5 Å². The normalized spacial score (nSPS) is 10.9. The molecule has 0 atom stereocenters. The van der Waals surface area contributed by atoms with Crippen LogP contribution in [0, 0.1) is 5.82 Å². The highest BCUT2D eigenvalue weighted by atomic mass is 79.9. The molecule has 100 valence electrons. The minimum atomic E-state index is -0.809. The molecule has 0 fully saturated rings. The average molecular weight is 336 g/mol. The quantitative estimate of drug-likeness (QED) is 0.687. The molecule has 2 aromatic carbocycles. The SMILES string of the molecule is O=c1oc2ccc(F)cc2c(=O)n1-c1ccc(Br)cc1. The number of nitrogens with zero attached hydrogens (tertiary/aromatic N) is 1. The zero-order valence-corrected chi connectivity index (χ0v) is 11.6. The van der Waals surface area contributed by atoms with E-state index in [-0.39, 0.29) is 11.0 Å². The van der Waals surface area contributed by atoms with E-state index in [0.717, 1.165) is 21.2 Å². The van der Waals surface area contributed by atoms with Gasteiger partial charge < -0.3 is 4.42 Å². The molecule has 0 spiro atoms. The van der Waals surface area contributed by atoms with Crippen LogP contribution < -0.4 is 11.3 Å². The molecule has 0 N–H and O–H groups in total. The number of hydrogen-bond donors (Lipinski definition) is 0. The van der Waals surface area contributed by atoms with Crippen molar-refractivity contribution in [1.82, 2.24) is 4.57 Å². The molecule has 0 amide bonds. The summed E-state index contributed by atoms with van der Waals surface area (Å²) >= 11 is 3.27. The Morgan fingerprint density at radius 1 is 1.05 bits per heavy atom. The predicted octanol–water partition coefficient (Wildman–Crippen LogP) is 2.85. The highest BCUT2D eigenvalue weighted by Crippen LogP contribution is 2.14. The van der Waals surface area contributed by atoms with Crippen molar-refractivity contribution in [2.75, 3.05) is 0 Å². The van der Waals surface area contributed by atoms with E-state index >= 15 is 0 Å². The van der Waals surface area contributed by atoms with Gasteiger partial charge in [-0.3, -0.25) is 4.79 Å². The maximum atomic E-state index is 13.2. The molecular weight excluding hydrogens is 329 g/mol. The van der Waals surface area contributed by atoms with Crippen LogP contribution in [0.1, 0.15) is 0 Å². The Kier molecular flexibility index (Phi) is 3.02. The van der Waals surface area contributed by atoms with Gasteiger partial charge in [0.25, 0.3) is 5.56 Å². The van der Waals surface area contributed by atoms with Crippen molar-refractivity contribution in [2.45, 2.75) is 0 Å². The van der Waals surface area contributed by atoms with E-state index in [9.17, 15) is 14.0 Å². The third kappa shape index (κ3) is 2.08. The third-order valence-electron chi connectivity index (χ3n) is 2.84. The first-order chi connectivity index (χ1) is 9.56. The second kappa shape index (κ2) is 4.72. The number of aromatic nitrogens is 1.